The van der Waals surface area contributed by atoms with E-state index in [0.29, 0.717) is 21.9 Å². The summed E-state index contributed by atoms with van der Waals surface area (Å²) < 4.78 is 81.7. The van der Waals surface area contributed by atoms with Crippen LogP contribution in [0.2, 0.25) is 0 Å². The molecule has 0 saturated carbocycles. The molecule has 180 valence electrons. The predicted molar refractivity (Wildman–Crippen MR) is 132 cm³/mol. The zero-order chi connectivity index (χ0) is 26.2. The summed E-state index contributed by atoms with van der Waals surface area (Å²) in [5, 5.41) is 0.917. The van der Waals surface area contributed by atoms with Gasteiger partial charge in [-0.25, -0.2) is 13.2 Å². The van der Waals surface area contributed by atoms with Crippen LogP contribution in [0.15, 0.2) is 84.9 Å². The number of hydrogen-bond donors (Lipinski definition) is 0. The second-order valence-electron chi connectivity index (χ2n) is 8.21. The minimum Gasteiger partial charge on any atom is -0.206 e. The highest BCUT2D eigenvalue weighted by Crippen LogP contribution is 2.33. The van der Waals surface area contributed by atoms with Crippen LogP contribution in [-0.4, -0.2) is 6.18 Å². The third-order valence-electron chi connectivity index (χ3n) is 5.75. The molecule has 37 heavy (non-hydrogen) atoms. The topological polar surface area (TPSA) is 0 Å². The molecule has 0 atom stereocenters. The van der Waals surface area contributed by atoms with Crippen molar-refractivity contribution in [3.8, 4) is 34.8 Å². The Hall–Kier alpha value is -4.68. The summed E-state index contributed by atoms with van der Waals surface area (Å²) in [5.41, 5.74) is 1.16. The molecular weight excluding hydrogens is 486 g/mol. The molecule has 6 heteroatoms. The van der Waals surface area contributed by atoms with Crippen LogP contribution in [0, 0.1) is 41.1 Å². The molecule has 0 unspecified atom stereocenters. The second kappa shape index (κ2) is 9.41. The first-order chi connectivity index (χ1) is 17.7. The zero-order valence-corrected chi connectivity index (χ0v) is 18.9. The van der Waals surface area contributed by atoms with E-state index in [1.807, 2.05) is 30.3 Å². The first-order valence-electron chi connectivity index (χ1n) is 11.0. The van der Waals surface area contributed by atoms with Gasteiger partial charge in [-0.3, -0.25) is 0 Å². The van der Waals surface area contributed by atoms with E-state index in [9.17, 15) is 22.0 Å². The van der Waals surface area contributed by atoms with E-state index >= 15 is 4.39 Å². The molecule has 0 saturated heterocycles. The number of rotatable bonds is 1. The Kier molecular flexibility index (Phi) is 6.11. The fraction of sp³-hybridized carbons (Fsp3) is 0.0323. The standard InChI is InChI=1S/C31H14F6/c32-28-18-23-17-22(10-13-26(23)30(34)27(28)14-15-31(35,36)37)25-12-9-21-16-20(8-11-24(21)29(25)33)7-6-19-4-2-1-3-5-19/h1-5,8-13,16-18H. The summed E-state index contributed by atoms with van der Waals surface area (Å²) in [4.78, 5) is 0. The van der Waals surface area contributed by atoms with Gasteiger partial charge in [-0.05, 0) is 52.7 Å². The second-order valence-corrected chi connectivity index (χ2v) is 8.21. The van der Waals surface area contributed by atoms with Gasteiger partial charge in [-0.2, -0.15) is 13.2 Å². The van der Waals surface area contributed by atoms with Gasteiger partial charge >= 0.3 is 6.18 Å². The quantitative estimate of drug-likeness (QED) is 0.160. The van der Waals surface area contributed by atoms with E-state index in [1.165, 1.54) is 24.1 Å². The SMILES string of the molecule is Fc1cc2cc(-c3ccc4cc(C#Cc5ccccc5)ccc4c3F)ccc2c(F)c1C#CC(F)(F)F. The molecule has 0 heterocycles. The van der Waals surface area contributed by atoms with Gasteiger partial charge in [0.25, 0.3) is 0 Å². The first kappa shape index (κ1) is 24.0. The lowest BCUT2D eigenvalue weighted by Crippen LogP contribution is -2.02. The van der Waals surface area contributed by atoms with Crippen molar-refractivity contribution in [1.82, 2.24) is 0 Å². The van der Waals surface area contributed by atoms with Crippen LogP contribution in [0.3, 0.4) is 0 Å². The molecule has 5 aromatic carbocycles. The van der Waals surface area contributed by atoms with E-state index in [-0.39, 0.29) is 16.3 Å². The van der Waals surface area contributed by atoms with Crippen molar-refractivity contribution >= 4 is 21.5 Å². The molecule has 0 nitrogen and oxygen atoms in total. The first-order valence-corrected chi connectivity index (χ1v) is 11.0. The molecule has 0 fully saturated rings. The Morgan fingerprint density at radius 2 is 1.27 bits per heavy atom. The van der Waals surface area contributed by atoms with Crippen LogP contribution >= 0.6 is 0 Å². The molecule has 0 spiro atoms. The monoisotopic (exact) mass is 500 g/mol. The molecule has 0 N–H and O–H groups in total. The van der Waals surface area contributed by atoms with Crippen LogP contribution < -0.4 is 0 Å². The average molecular weight is 500 g/mol. The lowest BCUT2D eigenvalue weighted by atomic mass is 9.96. The Bertz CT molecular complexity index is 1790. The molecule has 0 amide bonds. The van der Waals surface area contributed by atoms with Crippen LogP contribution in [0.1, 0.15) is 16.7 Å². The summed E-state index contributed by atoms with van der Waals surface area (Å²) in [6, 6.07) is 22.8. The van der Waals surface area contributed by atoms with E-state index in [4.69, 9.17) is 0 Å². The molecule has 5 rings (SSSR count). The molecule has 0 bridgehead atoms. The van der Waals surface area contributed by atoms with Crippen LogP contribution in [0.25, 0.3) is 32.7 Å². The van der Waals surface area contributed by atoms with Gasteiger partial charge in [-0.1, -0.05) is 66.3 Å². The summed E-state index contributed by atoms with van der Waals surface area (Å²) >= 11 is 0. The maximum Gasteiger partial charge on any atom is 0.458 e. The van der Waals surface area contributed by atoms with Gasteiger partial charge in [0.1, 0.15) is 17.5 Å². The summed E-state index contributed by atoms with van der Waals surface area (Å²) in [7, 11) is 0. The summed E-state index contributed by atoms with van der Waals surface area (Å²) in [6.07, 6.45) is -4.89. The highest BCUT2D eigenvalue weighted by Gasteiger charge is 2.24. The van der Waals surface area contributed by atoms with Gasteiger partial charge in [0.2, 0.25) is 0 Å². The van der Waals surface area contributed by atoms with Gasteiger partial charge in [0, 0.05) is 33.4 Å². The maximum absolute atomic E-state index is 15.5. The van der Waals surface area contributed by atoms with E-state index in [1.54, 1.807) is 30.3 Å². The Balaban J connectivity index is 1.53. The van der Waals surface area contributed by atoms with Crippen molar-refractivity contribution in [2.45, 2.75) is 6.18 Å². The Labute approximate surface area is 208 Å². The lowest BCUT2D eigenvalue weighted by molar-refractivity contribution is -0.0696. The van der Waals surface area contributed by atoms with Crippen LogP contribution in [0.5, 0.6) is 0 Å². The van der Waals surface area contributed by atoms with E-state index in [0.717, 1.165) is 17.6 Å². The number of hydrogen-bond acceptors (Lipinski definition) is 0. The van der Waals surface area contributed by atoms with Gasteiger partial charge in [-0.15, -0.1) is 0 Å². The molecule has 0 aliphatic carbocycles. The lowest BCUT2D eigenvalue weighted by Gasteiger charge is -2.10. The minimum atomic E-state index is -4.89. The van der Waals surface area contributed by atoms with Crippen LogP contribution in [-0.2, 0) is 0 Å². The number of halogens is 6. The minimum absolute atomic E-state index is 0.0658. The molecule has 5 aromatic rings. The Morgan fingerprint density at radius 1 is 0.568 bits per heavy atom. The van der Waals surface area contributed by atoms with Crippen molar-refractivity contribution in [3.63, 3.8) is 0 Å². The van der Waals surface area contributed by atoms with E-state index < -0.39 is 29.2 Å². The normalized spacial score (nSPS) is 11.1. The van der Waals surface area contributed by atoms with Gasteiger partial charge in [0.15, 0.2) is 0 Å². The summed E-state index contributed by atoms with van der Waals surface area (Å²) in [5.74, 6) is 5.54. The Morgan fingerprint density at radius 3 is 2.03 bits per heavy atom. The number of fused-ring (bicyclic) bond motifs is 2. The van der Waals surface area contributed by atoms with Crippen molar-refractivity contribution in [2.75, 3.05) is 0 Å². The van der Waals surface area contributed by atoms with Crippen molar-refractivity contribution < 1.29 is 26.3 Å². The highest BCUT2D eigenvalue weighted by molar-refractivity contribution is 5.93. The van der Waals surface area contributed by atoms with E-state index in [2.05, 4.69) is 11.8 Å². The fourth-order valence-electron chi connectivity index (χ4n) is 4.00. The predicted octanol–water partition coefficient (Wildman–Crippen LogP) is 8.39. The average Bonchev–Trinajstić information content (AvgIpc) is 2.87. The smallest absolute Gasteiger partial charge is 0.206 e. The highest BCUT2D eigenvalue weighted by atomic mass is 19.4. The molecule has 0 aliphatic heterocycles. The zero-order valence-electron chi connectivity index (χ0n) is 18.9. The number of alkyl halides is 3. The maximum atomic E-state index is 15.5. The third-order valence-corrected chi connectivity index (χ3v) is 5.75. The summed E-state index contributed by atoms with van der Waals surface area (Å²) in [6.45, 7) is 0. The van der Waals surface area contributed by atoms with Gasteiger partial charge in [0.05, 0.1) is 5.56 Å². The number of benzene rings is 5. The molecular formula is C31H14F6. The molecule has 0 aliphatic rings. The van der Waals surface area contributed by atoms with Crippen molar-refractivity contribution in [2.24, 2.45) is 0 Å². The largest absolute Gasteiger partial charge is 0.458 e. The van der Waals surface area contributed by atoms with Crippen LogP contribution in [0.4, 0.5) is 26.3 Å². The van der Waals surface area contributed by atoms with Crippen molar-refractivity contribution in [1.29, 1.82) is 0 Å². The molecule has 0 aromatic heterocycles. The van der Waals surface area contributed by atoms with Crippen molar-refractivity contribution in [3.05, 3.63) is 119 Å². The molecule has 0 radical (unpaired) electrons. The third kappa shape index (κ3) is 5.01. The van der Waals surface area contributed by atoms with Gasteiger partial charge < -0.3 is 0 Å². The fourth-order valence-corrected chi connectivity index (χ4v) is 4.00.